The minimum Gasteiger partial charge on any atom is -0.471 e. The summed E-state index contributed by atoms with van der Waals surface area (Å²) in [5.41, 5.74) is 2.15. The fourth-order valence-corrected chi connectivity index (χ4v) is 2.59. The average molecular weight is 384 g/mol. The molecule has 0 bridgehead atoms. The van der Waals surface area contributed by atoms with Crippen LogP contribution < -0.4 is 10.1 Å². The van der Waals surface area contributed by atoms with Gasteiger partial charge in [-0.2, -0.15) is 5.10 Å². The van der Waals surface area contributed by atoms with Crippen LogP contribution in [0.1, 0.15) is 18.2 Å². The predicted molar refractivity (Wildman–Crippen MR) is 101 cm³/mol. The molecule has 0 saturated carbocycles. The molecule has 2 heterocycles. The van der Waals surface area contributed by atoms with Crippen molar-refractivity contribution in [3.05, 3.63) is 64.1 Å². The molecule has 0 spiro atoms. The van der Waals surface area contributed by atoms with Crippen LogP contribution in [0.2, 0.25) is 0 Å². The van der Waals surface area contributed by atoms with Crippen molar-refractivity contribution >= 4 is 17.4 Å². The lowest BCUT2D eigenvalue weighted by atomic mass is 10.2. The Kier molecular flexibility index (Phi) is 5.68. The Morgan fingerprint density at radius 3 is 2.75 bits per heavy atom. The fraction of sp³-hybridized carbons (Fsp3) is 0.278. The van der Waals surface area contributed by atoms with Gasteiger partial charge in [-0.3, -0.25) is 4.79 Å². The first-order valence-corrected chi connectivity index (χ1v) is 8.67. The van der Waals surface area contributed by atoms with Crippen molar-refractivity contribution in [2.24, 2.45) is 0 Å². The molecular weight excluding hydrogens is 364 g/mol. The zero-order chi connectivity index (χ0) is 20.1. The van der Waals surface area contributed by atoms with Crippen LogP contribution in [0.15, 0.2) is 42.7 Å². The highest BCUT2D eigenvalue weighted by Gasteiger charge is 2.19. The third-order valence-electron chi connectivity index (χ3n) is 3.97. The van der Waals surface area contributed by atoms with Crippen LogP contribution in [0, 0.1) is 17.0 Å². The largest absolute Gasteiger partial charge is 0.471 e. The number of rotatable bonds is 8. The number of benzene rings is 1. The molecule has 10 heteroatoms. The lowest BCUT2D eigenvalue weighted by Gasteiger charge is -2.06. The maximum absolute atomic E-state index is 12.2. The van der Waals surface area contributed by atoms with Gasteiger partial charge in [0.05, 0.1) is 29.8 Å². The molecule has 0 aliphatic carbocycles. The highest BCUT2D eigenvalue weighted by atomic mass is 16.6. The molecule has 146 valence electrons. The first-order valence-electron chi connectivity index (χ1n) is 8.67. The van der Waals surface area contributed by atoms with Crippen molar-refractivity contribution in [3.8, 4) is 5.75 Å². The second kappa shape index (κ2) is 8.33. The standard InChI is InChI=1S/C18H20N6O4/c1-3-14-4-6-16(7-5-14)28-12-22-10-15(9-19-22)20-17(25)11-23-18(24(26)27)8-13(2)21-23/h4-10H,3,11-12H2,1-2H3,(H,20,25). The van der Waals surface area contributed by atoms with Crippen LogP contribution in [0.4, 0.5) is 11.5 Å². The van der Waals surface area contributed by atoms with Crippen LogP contribution in [0.5, 0.6) is 5.75 Å². The van der Waals surface area contributed by atoms with E-state index >= 15 is 0 Å². The Morgan fingerprint density at radius 2 is 2.07 bits per heavy atom. The van der Waals surface area contributed by atoms with Gasteiger partial charge in [0.2, 0.25) is 0 Å². The topological polar surface area (TPSA) is 117 Å². The van der Waals surface area contributed by atoms with Crippen LogP contribution >= 0.6 is 0 Å². The number of anilines is 1. The SMILES string of the molecule is CCc1ccc(OCn2cc(NC(=O)Cn3nc(C)cc3[N+](=O)[O-])cn2)cc1. The number of carbonyl (C=O) groups is 1. The van der Waals surface area contributed by atoms with Crippen molar-refractivity contribution < 1.29 is 14.5 Å². The second-order valence-corrected chi connectivity index (χ2v) is 6.15. The van der Waals surface area contributed by atoms with E-state index in [1.807, 2.05) is 24.3 Å². The maximum atomic E-state index is 12.2. The van der Waals surface area contributed by atoms with E-state index in [2.05, 4.69) is 22.4 Å². The Morgan fingerprint density at radius 1 is 1.32 bits per heavy atom. The molecule has 1 amide bonds. The van der Waals surface area contributed by atoms with Gasteiger partial charge in [-0.1, -0.05) is 24.2 Å². The van der Waals surface area contributed by atoms with Gasteiger partial charge in [0, 0.05) is 0 Å². The lowest BCUT2D eigenvalue weighted by Crippen LogP contribution is -2.20. The summed E-state index contributed by atoms with van der Waals surface area (Å²) in [6, 6.07) is 9.10. The number of ether oxygens (including phenoxy) is 1. The monoisotopic (exact) mass is 384 g/mol. The van der Waals surface area contributed by atoms with Gasteiger partial charge < -0.3 is 20.2 Å². The average Bonchev–Trinajstić information content (AvgIpc) is 3.26. The van der Waals surface area contributed by atoms with Gasteiger partial charge in [-0.05, 0) is 36.0 Å². The number of nitrogens with zero attached hydrogens (tertiary/aromatic N) is 5. The smallest absolute Gasteiger partial charge is 0.345 e. The van der Waals surface area contributed by atoms with Crippen molar-refractivity contribution in [1.82, 2.24) is 19.6 Å². The normalized spacial score (nSPS) is 10.6. The van der Waals surface area contributed by atoms with Gasteiger partial charge in [-0.15, -0.1) is 4.68 Å². The fourth-order valence-electron chi connectivity index (χ4n) is 2.59. The number of hydrogen-bond donors (Lipinski definition) is 1. The predicted octanol–water partition coefficient (Wildman–Crippen LogP) is 2.53. The van der Waals surface area contributed by atoms with E-state index in [0.29, 0.717) is 11.4 Å². The van der Waals surface area contributed by atoms with Crippen molar-refractivity contribution in [2.75, 3.05) is 5.32 Å². The number of nitro groups is 1. The van der Waals surface area contributed by atoms with Gasteiger partial charge >= 0.3 is 5.82 Å². The molecule has 0 fully saturated rings. The van der Waals surface area contributed by atoms with Gasteiger partial charge in [0.15, 0.2) is 13.3 Å². The number of aryl methyl sites for hydroxylation is 2. The summed E-state index contributed by atoms with van der Waals surface area (Å²) >= 11 is 0. The van der Waals surface area contributed by atoms with Gasteiger partial charge in [0.25, 0.3) is 5.91 Å². The molecule has 0 unspecified atom stereocenters. The first kappa shape index (κ1) is 19.1. The summed E-state index contributed by atoms with van der Waals surface area (Å²) < 4.78 is 8.23. The quantitative estimate of drug-likeness (QED) is 0.471. The van der Waals surface area contributed by atoms with E-state index in [1.54, 1.807) is 13.1 Å². The summed E-state index contributed by atoms with van der Waals surface area (Å²) in [6.45, 7) is 3.63. The summed E-state index contributed by atoms with van der Waals surface area (Å²) in [4.78, 5) is 22.6. The molecule has 0 aliphatic heterocycles. The summed E-state index contributed by atoms with van der Waals surface area (Å²) in [7, 11) is 0. The molecule has 0 saturated heterocycles. The Labute approximate surface area is 160 Å². The summed E-state index contributed by atoms with van der Waals surface area (Å²) in [6.07, 6.45) is 4.05. The molecule has 0 atom stereocenters. The zero-order valence-electron chi connectivity index (χ0n) is 15.5. The van der Waals surface area contributed by atoms with Crippen LogP contribution in [-0.2, 0) is 24.5 Å². The molecular formula is C18H20N6O4. The van der Waals surface area contributed by atoms with Crippen LogP contribution in [0.25, 0.3) is 0 Å². The van der Waals surface area contributed by atoms with Crippen molar-refractivity contribution in [3.63, 3.8) is 0 Å². The van der Waals surface area contributed by atoms with Crippen molar-refractivity contribution in [2.45, 2.75) is 33.5 Å². The molecule has 28 heavy (non-hydrogen) atoms. The molecule has 1 N–H and O–H groups in total. The minimum atomic E-state index is -0.574. The lowest BCUT2D eigenvalue weighted by molar-refractivity contribution is -0.392. The third-order valence-corrected chi connectivity index (χ3v) is 3.97. The van der Waals surface area contributed by atoms with E-state index in [0.717, 1.165) is 16.9 Å². The summed E-state index contributed by atoms with van der Waals surface area (Å²) in [5, 5.41) is 21.7. The third kappa shape index (κ3) is 4.72. The number of nitrogens with one attached hydrogen (secondary N) is 1. The molecule has 0 aliphatic rings. The van der Waals surface area contributed by atoms with Crippen molar-refractivity contribution in [1.29, 1.82) is 0 Å². The van der Waals surface area contributed by atoms with E-state index < -0.39 is 10.8 Å². The van der Waals surface area contributed by atoms with Crippen LogP contribution in [0.3, 0.4) is 0 Å². The van der Waals surface area contributed by atoms with E-state index in [-0.39, 0.29) is 19.1 Å². The minimum absolute atomic E-state index is 0.186. The highest BCUT2D eigenvalue weighted by Crippen LogP contribution is 2.15. The van der Waals surface area contributed by atoms with E-state index in [9.17, 15) is 14.9 Å². The number of carbonyl (C=O) groups excluding carboxylic acids is 1. The molecule has 1 aromatic carbocycles. The summed E-state index contributed by atoms with van der Waals surface area (Å²) in [5.74, 6) is 0.0484. The molecule has 2 aromatic heterocycles. The van der Waals surface area contributed by atoms with Crippen LogP contribution in [-0.4, -0.2) is 30.4 Å². The molecule has 3 rings (SSSR count). The first-order chi connectivity index (χ1) is 13.4. The van der Waals surface area contributed by atoms with Gasteiger partial charge in [0.1, 0.15) is 5.75 Å². The van der Waals surface area contributed by atoms with E-state index in [4.69, 9.17) is 4.74 Å². The van der Waals surface area contributed by atoms with E-state index in [1.165, 1.54) is 22.5 Å². The highest BCUT2D eigenvalue weighted by molar-refractivity contribution is 5.90. The number of hydrogen-bond acceptors (Lipinski definition) is 6. The number of amides is 1. The van der Waals surface area contributed by atoms with Gasteiger partial charge in [-0.25, -0.2) is 4.68 Å². The molecule has 10 nitrogen and oxygen atoms in total. The Balaban J connectivity index is 1.55. The second-order valence-electron chi connectivity index (χ2n) is 6.15. The maximum Gasteiger partial charge on any atom is 0.345 e. The Bertz CT molecular complexity index is 976. The Hall–Kier alpha value is -3.69. The molecule has 3 aromatic rings. The number of aromatic nitrogens is 4. The zero-order valence-corrected chi connectivity index (χ0v) is 15.5. The molecule has 0 radical (unpaired) electrons.